The highest BCUT2D eigenvalue weighted by Gasteiger charge is 2.04. The van der Waals surface area contributed by atoms with Crippen LogP contribution in [0.2, 0.25) is 0 Å². The summed E-state index contributed by atoms with van der Waals surface area (Å²) in [6.45, 7) is 0. The summed E-state index contributed by atoms with van der Waals surface area (Å²) in [6.07, 6.45) is 0. The third-order valence-corrected chi connectivity index (χ3v) is 1.38. The summed E-state index contributed by atoms with van der Waals surface area (Å²) in [7, 11) is -2.87. The third-order valence-electron chi connectivity index (χ3n) is 1.38. The Balaban J connectivity index is 0.000000487. The number of carbonyl (C=O) groups is 2. The number of aromatic carboxylic acids is 2. The van der Waals surface area contributed by atoms with Crippen molar-refractivity contribution in [1.82, 2.24) is 0 Å². The molecule has 1 aromatic carbocycles. The van der Waals surface area contributed by atoms with Crippen LogP contribution >= 0.6 is 8.25 Å². The van der Waals surface area contributed by atoms with Crippen molar-refractivity contribution in [3.8, 4) is 0 Å². The van der Waals surface area contributed by atoms with Gasteiger partial charge in [0.15, 0.2) is 0 Å². The third kappa shape index (κ3) is 5.82. The van der Waals surface area contributed by atoms with Gasteiger partial charge in [-0.2, -0.15) is 0 Å². The summed E-state index contributed by atoms with van der Waals surface area (Å²) in [5.41, 5.74) is 0.167. The predicted molar refractivity (Wildman–Crippen MR) is 52.4 cm³/mol. The molecule has 0 bridgehead atoms. The van der Waals surface area contributed by atoms with E-state index < -0.39 is 20.2 Å². The molecule has 0 radical (unpaired) electrons. The van der Waals surface area contributed by atoms with Crippen molar-refractivity contribution in [2.75, 3.05) is 0 Å². The van der Waals surface area contributed by atoms with E-state index in [1.54, 1.807) is 0 Å². The van der Waals surface area contributed by atoms with Crippen LogP contribution in [-0.4, -0.2) is 31.9 Å². The van der Waals surface area contributed by atoms with Crippen molar-refractivity contribution in [1.29, 1.82) is 0 Å². The first kappa shape index (κ1) is 14.2. The Bertz CT molecular complexity index is 360. The molecule has 0 aliphatic carbocycles. The van der Waals surface area contributed by atoms with Crippen LogP contribution in [0.1, 0.15) is 20.7 Å². The molecule has 0 saturated carbocycles. The Morgan fingerprint density at radius 2 is 1.06 bits per heavy atom. The molecule has 1 aromatic rings. The molecule has 0 unspecified atom stereocenters. The van der Waals surface area contributed by atoms with Gasteiger partial charge in [0.05, 0.1) is 11.1 Å². The summed E-state index contributed by atoms with van der Waals surface area (Å²) in [5, 5.41) is 16.9. The molecule has 7 nitrogen and oxygen atoms in total. The monoisotopic (exact) mass is 247 g/mol. The van der Waals surface area contributed by atoms with Gasteiger partial charge >= 0.3 is 20.2 Å². The van der Waals surface area contributed by atoms with Crippen LogP contribution in [0.15, 0.2) is 24.3 Å². The Labute approximate surface area is 90.5 Å². The normalized spacial score (nSPS) is 8.62. The fraction of sp³-hybridized carbons (Fsp3) is 0. The standard InChI is InChI=1S/C8H6O4.HO3P/c9-7(10)5-1-2-6(4-3-5)8(11)12;1-4(2)3/h1-4H,(H,9,10)(H,11,12);(H-,1,2,3)/p+1. The van der Waals surface area contributed by atoms with E-state index in [-0.39, 0.29) is 11.1 Å². The summed E-state index contributed by atoms with van der Waals surface area (Å²) >= 11 is 0. The lowest BCUT2D eigenvalue weighted by Gasteiger charge is -1.94. The highest BCUT2D eigenvalue weighted by atomic mass is 31.1. The van der Waals surface area contributed by atoms with Crippen molar-refractivity contribution < 1.29 is 34.2 Å². The molecule has 0 aliphatic rings. The second-order valence-electron chi connectivity index (χ2n) is 2.44. The Morgan fingerprint density at radius 3 is 1.19 bits per heavy atom. The summed E-state index contributed by atoms with van der Waals surface area (Å²) in [6, 6.07) is 5.02. The van der Waals surface area contributed by atoms with Gasteiger partial charge in [0.25, 0.3) is 0 Å². The van der Waals surface area contributed by atoms with Gasteiger partial charge in [-0.25, -0.2) is 9.59 Å². The fourth-order valence-electron chi connectivity index (χ4n) is 0.755. The second kappa shape index (κ2) is 6.62. The van der Waals surface area contributed by atoms with E-state index in [9.17, 15) is 9.59 Å². The van der Waals surface area contributed by atoms with Crippen molar-refractivity contribution >= 4 is 20.2 Å². The lowest BCUT2D eigenvalue weighted by atomic mass is 10.1. The predicted octanol–water partition coefficient (Wildman–Crippen LogP) is 0.711. The van der Waals surface area contributed by atoms with E-state index in [0.717, 1.165) is 0 Å². The van der Waals surface area contributed by atoms with Crippen molar-refractivity contribution in [3.05, 3.63) is 35.4 Å². The molecule has 0 heterocycles. The average molecular weight is 247 g/mol. The summed E-state index contributed by atoms with van der Waals surface area (Å²) < 4.78 is 8.70. The zero-order chi connectivity index (χ0) is 12.7. The van der Waals surface area contributed by atoms with Crippen LogP contribution in [0.4, 0.5) is 0 Å². The van der Waals surface area contributed by atoms with E-state index >= 15 is 0 Å². The van der Waals surface area contributed by atoms with Crippen LogP contribution in [0, 0.1) is 0 Å². The lowest BCUT2D eigenvalue weighted by molar-refractivity contribution is 0.0681. The van der Waals surface area contributed by atoms with Crippen molar-refractivity contribution in [3.63, 3.8) is 0 Å². The van der Waals surface area contributed by atoms with Crippen LogP contribution in [0.25, 0.3) is 0 Å². The van der Waals surface area contributed by atoms with Crippen molar-refractivity contribution in [2.45, 2.75) is 0 Å². The molecule has 0 aliphatic heterocycles. The van der Waals surface area contributed by atoms with Crippen LogP contribution in [-0.2, 0) is 4.57 Å². The SMILES string of the molecule is O=C(O)c1ccc(C(=O)O)cc1.O=[P+](O)O. The largest absolute Gasteiger partial charge is 0.692 e. The molecular weight excluding hydrogens is 239 g/mol. The van der Waals surface area contributed by atoms with Gasteiger partial charge in [0.2, 0.25) is 0 Å². The van der Waals surface area contributed by atoms with E-state index in [2.05, 4.69) is 0 Å². The molecule has 16 heavy (non-hydrogen) atoms. The molecule has 8 heteroatoms. The first-order valence-corrected chi connectivity index (χ1v) is 4.92. The number of carboxylic acids is 2. The molecule has 1 rings (SSSR count). The maximum absolute atomic E-state index is 10.3. The number of hydrogen-bond acceptors (Lipinski definition) is 3. The van der Waals surface area contributed by atoms with Crippen LogP contribution < -0.4 is 0 Å². The molecule has 0 atom stereocenters. The lowest BCUT2D eigenvalue weighted by Crippen LogP contribution is -1.99. The number of benzene rings is 1. The van der Waals surface area contributed by atoms with Crippen molar-refractivity contribution in [2.24, 2.45) is 0 Å². The molecule has 4 N–H and O–H groups in total. The van der Waals surface area contributed by atoms with E-state index in [4.69, 9.17) is 24.6 Å². The fourth-order valence-corrected chi connectivity index (χ4v) is 0.755. The minimum absolute atomic E-state index is 0.0833. The van der Waals surface area contributed by atoms with E-state index in [1.807, 2.05) is 0 Å². The average Bonchev–Trinajstić information content (AvgIpc) is 2.17. The number of rotatable bonds is 2. The summed E-state index contributed by atoms with van der Waals surface area (Å²) in [4.78, 5) is 34.9. The molecule has 0 aromatic heterocycles. The van der Waals surface area contributed by atoms with Gasteiger partial charge in [-0.1, -0.05) is 0 Å². The minimum atomic E-state index is -2.87. The van der Waals surface area contributed by atoms with E-state index in [0.29, 0.717) is 0 Å². The highest BCUT2D eigenvalue weighted by molar-refractivity contribution is 7.30. The number of hydrogen-bond donors (Lipinski definition) is 4. The zero-order valence-electron chi connectivity index (χ0n) is 7.77. The molecule has 0 spiro atoms. The zero-order valence-corrected chi connectivity index (χ0v) is 8.66. The van der Waals surface area contributed by atoms with Gasteiger partial charge in [-0.3, -0.25) is 0 Å². The summed E-state index contributed by atoms with van der Waals surface area (Å²) in [5.74, 6) is -2.13. The maximum atomic E-state index is 10.3. The van der Waals surface area contributed by atoms with Gasteiger partial charge in [-0.05, 0) is 24.3 Å². The minimum Gasteiger partial charge on any atom is -0.478 e. The highest BCUT2D eigenvalue weighted by Crippen LogP contribution is 2.03. The maximum Gasteiger partial charge on any atom is 0.692 e. The van der Waals surface area contributed by atoms with Crippen LogP contribution in [0.5, 0.6) is 0 Å². The Morgan fingerprint density at radius 1 is 0.875 bits per heavy atom. The second-order valence-corrected chi connectivity index (χ2v) is 2.95. The topological polar surface area (TPSA) is 132 Å². The number of carboxylic acid groups (broad SMARTS) is 2. The first-order valence-electron chi connectivity index (χ1n) is 3.76. The van der Waals surface area contributed by atoms with Gasteiger partial charge in [-0.15, -0.1) is 9.79 Å². The van der Waals surface area contributed by atoms with Crippen LogP contribution in [0.3, 0.4) is 0 Å². The Kier molecular flexibility index (Phi) is 5.87. The van der Waals surface area contributed by atoms with E-state index in [1.165, 1.54) is 24.3 Å². The molecule has 0 amide bonds. The first-order chi connectivity index (χ1) is 7.34. The molecule has 0 fully saturated rings. The quantitative estimate of drug-likeness (QED) is 0.565. The van der Waals surface area contributed by atoms with Gasteiger partial charge < -0.3 is 10.2 Å². The van der Waals surface area contributed by atoms with Gasteiger partial charge in [0.1, 0.15) is 0 Å². The molecular formula is C8H8O7P+. The van der Waals surface area contributed by atoms with Gasteiger partial charge in [0, 0.05) is 4.57 Å². The molecule has 0 saturated heterocycles. The smallest absolute Gasteiger partial charge is 0.478 e. The molecule has 86 valence electrons. The Hall–Kier alpha value is -1.82.